The van der Waals surface area contributed by atoms with Crippen LogP contribution in [-0.4, -0.2) is 33.1 Å². The molecule has 1 aliphatic rings. The van der Waals surface area contributed by atoms with Crippen molar-refractivity contribution in [3.05, 3.63) is 23.8 Å². The lowest BCUT2D eigenvalue weighted by Crippen LogP contribution is -2.33. The van der Waals surface area contributed by atoms with Crippen LogP contribution in [0.1, 0.15) is 11.7 Å². The maximum atomic E-state index is 5.73. The summed E-state index contributed by atoms with van der Waals surface area (Å²) in [6.45, 7) is 2.55. The number of morpholine rings is 1. The maximum absolute atomic E-state index is 5.73. The van der Waals surface area contributed by atoms with Crippen molar-refractivity contribution in [2.75, 3.05) is 33.1 Å². The maximum Gasteiger partial charge on any atom is 0.125 e. The van der Waals surface area contributed by atoms with Crippen LogP contribution < -0.4 is 10.1 Å². The van der Waals surface area contributed by atoms with Crippen LogP contribution in [-0.2, 0) is 4.74 Å². The van der Waals surface area contributed by atoms with E-state index in [9.17, 15) is 0 Å². The van der Waals surface area contributed by atoms with Gasteiger partial charge >= 0.3 is 0 Å². The summed E-state index contributed by atoms with van der Waals surface area (Å²) in [7, 11) is 1.71. The second-order valence-electron chi connectivity index (χ2n) is 3.67. The van der Waals surface area contributed by atoms with Gasteiger partial charge in [0.2, 0.25) is 0 Å². The van der Waals surface area contributed by atoms with Crippen LogP contribution in [0.15, 0.2) is 23.1 Å². The fourth-order valence-corrected chi connectivity index (χ4v) is 2.28. The highest BCUT2D eigenvalue weighted by atomic mass is 32.2. The molecule has 1 atom stereocenters. The van der Waals surface area contributed by atoms with E-state index in [1.807, 2.05) is 0 Å². The molecule has 1 unspecified atom stereocenters. The summed E-state index contributed by atoms with van der Waals surface area (Å²) in [4.78, 5) is 1.21. The predicted octanol–water partition coefficient (Wildman–Crippen LogP) is 2.08. The summed E-state index contributed by atoms with van der Waals surface area (Å²) in [5, 5.41) is 3.33. The fourth-order valence-electron chi connectivity index (χ4n) is 1.85. The van der Waals surface area contributed by atoms with E-state index in [-0.39, 0.29) is 6.10 Å². The largest absolute Gasteiger partial charge is 0.496 e. The van der Waals surface area contributed by atoms with Crippen molar-refractivity contribution in [3.8, 4) is 5.75 Å². The smallest absolute Gasteiger partial charge is 0.125 e. The van der Waals surface area contributed by atoms with E-state index in [1.165, 1.54) is 4.90 Å². The molecule has 0 radical (unpaired) electrons. The molecule has 88 valence electrons. The molecule has 4 heteroatoms. The molecule has 2 rings (SSSR count). The lowest BCUT2D eigenvalue weighted by molar-refractivity contribution is 0.0262. The Morgan fingerprint density at radius 2 is 2.38 bits per heavy atom. The molecule has 0 saturated carbocycles. The fraction of sp³-hybridized carbons (Fsp3) is 0.500. The van der Waals surface area contributed by atoms with Crippen molar-refractivity contribution in [2.24, 2.45) is 0 Å². The standard InChI is InChI=1S/C12H17NO2S/c1-14-11-7-9(16-2)3-4-10(11)12-8-13-5-6-15-12/h3-4,7,12-13H,5-6,8H2,1-2H3. The van der Waals surface area contributed by atoms with Gasteiger partial charge < -0.3 is 14.8 Å². The number of hydrogen-bond acceptors (Lipinski definition) is 4. The number of benzene rings is 1. The molecule has 1 aromatic carbocycles. The lowest BCUT2D eigenvalue weighted by Gasteiger charge is -2.25. The summed E-state index contributed by atoms with van der Waals surface area (Å²) in [5.41, 5.74) is 1.13. The highest BCUT2D eigenvalue weighted by Gasteiger charge is 2.19. The van der Waals surface area contributed by atoms with Crippen LogP contribution in [0.4, 0.5) is 0 Å². The highest BCUT2D eigenvalue weighted by Crippen LogP contribution is 2.31. The van der Waals surface area contributed by atoms with Crippen molar-refractivity contribution in [2.45, 2.75) is 11.0 Å². The van der Waals surface area contributed by atoms with Gasteiger partial charge in [0.25, 0.3) is 0 Å². The monoisotopic (exact) mass is 239 g/mol. The summed E-state index contributed by atoms with van der Waals surface area (Å²) < 4.78 is 11.2. The van der Waals surface area contributed by atoms with Crippen LogP contribution >= 0.6 is 11.8 Å². The Bertz CT molecular complexity index is 351. The third-order valence-electron chi connectivity index (χ3n) is 2.72. The van der Waals surface area contributed by atoms with Crippen molar-refractivity contribution in [1.29, 1.82) is 0 Å². The van der Waals surface area contributed by atoms with Gasteiger partial charge in [-0.05, 0) is 18.4 Å². The average molecular weight is 239 g/mol. The molecule has 1 heterocycles. The minimum absolute atomic E-state index is 0.111. The summed E-state index contributed by atoms with van der Waals surface area (Å²) in [6, 6.07) is 6.28. The van der Waals surface area contributed by atoms with E-state index in [0.717, 1.165) is 31.0 Å². The topological polar surface area (TPSA) is 30.5 Å². The van der Waals surface area contributed by atoms with Crippen LogP contribution in [0.25, 0.3) is 0 Å². The highest BCUT2D eigenvalue weighted by molar-refractivity contribution is 7.98. The van der Waals surface area contributed by atoms with Gasteiger partial charge in [0, 0.05) is 23.5 Å². The number of thioether (sulfide) groups is 1. The quantitative estimate of drug-likeness (QED) is 0.818. The number of hydrogen-bond donors (Lipinski definition) is 1. The van der Waals surface area contributed by atoms with Crippen molar-refractivity contribution < 1.29 is 9.47 Å². The molecule has 1 saturated heterocycles. The Hall–Kier alpha value is -0.710. The van der Waals surface area contributed by atoms with E-state index >= 15 is 0 Å². The molecular formula is C12H17NO2S. The van der Waals surface area contributed by atoms with Gasteiger partial charge in [-0.25, -0.2) is 0 Å². The number of nitrogens with one attached hydrogen (secondary N) is 1. The SMILES string of the molecule is COc1cc(SC)ccc1C1CNCCO1. The van der Waals surface area contributed by atoms with Gasteiger partial charge in [-0.3, -0.25) is 0 Å². The summed E-state index contributed by atoms with van der Waals surface area (Å²) in [6.07, 6.45) is 2.17. The Morgan fingerprint density at radius 1 is 1.50 bits per heavy atom. The Kier molecular flexibility index (Phi) is 4.09. The molecule has 16 heavy (non-hydrogen) atoms. The molecule has 0 amide bonds. The molecule has 1 fully saturated rings. The van der Waals surface area contributed by atoms with Gasteiger partial charge in [-0.2, -0.15) is 0 Å². The van der Waals surface area contributed by atoms with Crippen molar-refractivity contribution >= 4 is 11.8 Å². The van der Waals surface area contributed by atoms with Gasteiger partial charge in [-0.1, -0.05) is 6.07 Å². The molecule has 3 nitrogen and oxygen atoms in total. The zero-order valence-electron chi connectivity index (χ0n) is 9.66. The van der Waals surface area contributed by atoms with E-state index < -0.39 is 0 Å². The third-order valence-corrected chi connectivity index (χ3v) is 3.44. The molecule has 1 N–H and O–H groups in total. The van der Waals surface area contributed by atoms with Crippen LogP contribution in [0.3, 0.4) is 0 Å². The number of ether oxygens (including phenoxy) is 2. The molecular weight excluding hydrogens is 222 g/mol. The van der Waals surface area contributed by atoms with Crippen LogP contribution in [0.5, 0.6) is 5.75 Å². The van der Waals surface area contributed by atoms with E-state index in [2.05, 4.69) is 29.8 Å². The van der Waals surface area contributed by atoms with E-state index in [0.29, 0.717) is 0 Å². The summed E-state index contributed by atoms with van der Waals surface area (Å²) >= 11 is 1.72. The first-order valence-electron chi connectivity index (χ1n) is 5.39. The Balaban J connectivity index is 2.24. The zero-order valence-corrected chi connectivity index (χ0v) is 10.5. The van der Waals surface area contributed by atoms with Crippen molar-refractivity contribution in [3.63, 3.8) is 0 Å². The zero-order chi connectivity index (χ0) is 11.4. The Morgan fingerprint density at radius 3 is 3.00 bits per heavy atom. The van der Waals surface area contributed by atoms with Gasteiger partial charge in [0.05, 0.1) is 19.8 Å². The summed E-state index contributed by atoms with van der Waals surface area (Å²) in [5.74, 6) is 0.917. The first-order valence-corrected chi connectivity index (χ1v) is 6.62. The molecule has 0 aliphatic carbocycles. The first kappa shape index (κ1) is 11.8. The molecule has 0 spiro atoms. The predicted molar refractivity (Wildman–Crippen MR) is 66.3 cm³/mol. The lowest BCUT2D eigenvalue weighted by atomic mass is 10.1. The average Bonchev–Trinajstić information content (AvgIpc) is 2.39. The molecule has 0 bridgehead atoms. The number of methoxy groups -OCH3 is 1. The normalized spacial score (nSPS) is 20.8. The molecule has 1 aliphatic heterocycles. The first-order chi connectivity index (χ1) is 7.85. The second kappa shape index (κ2) is 5.57. The van der Waals surface area contributed by atoms with E-state index in [4.69, 9.17) is 9.47 Å². The van der Waals surface area contributed by atoms with Crippen molar-refractivity contribution in [1.82, 2.24) is 5.32 Å². The van der Waals surface area contributed by atoms with E-state index in [1.54, 1.807) is 18.9 Å². The van der Waals surface area contributed by atoms with Crippen LogP contribution in [0.2, 0.25) is 0 Å². The molecule has 0 aromatic heterocycles. The molecule has 1 aromatic rings. The minimum atomic E-state index is 0.111. The Labute approximate surface area is 101 Å². The van der Waals surface area contributed by atoms with Crippen LogP contribution in [0, 0.1) is 0 Å². The van der Waals surface area contributed by atoms with Gasteiger partial charge in [-0.15, -0.1) is 11.8 Å². The van der Waals surface area contributed by atoms with Gasteiger partial charge in [0.15, 0.2) is 0 Å². The minimum Gasteiger partial charge on any atom is -0.496 e. The number of rotatable bonds is 3. The third kappa shape index (κ3) is 2.51. The van der Waals surface area contributed by atoms with Gasteiger partial charge in [0.1, 0.15) is 5.75 Å². The second-order valence-corrected chi connectivity index (χ2v) is 4.55.